The molecule has 18 heteroatoms. The average Bonchev–Trinajstić information content (AvgIpc) is 4.11. The maximum atomic E-state index is 16.7. The standard InChI is InChI=1S/C44H51F2N9O7/c1-21(2)36(51-43(58)60-6)41(56)53-14-8-9-32(53)39-47-18-29(49-39)24-11-13-31-28(15-24)35(46)38-27-12-10-25(16-34(27)62-23(5)55(31)38)30-19-48-40(50-30)33-17-26(45)20-54(33)42(57)37(22(3)4)52-44(59)61-7/h10-13,15-16,18-19,21-23,26,32-33,36-37H,8-9,14,17,20H2,1-7H3,(H,47,49)(H,48,50)(H,51,58)(H,52,59)/t23?,26-,32+,33+,36+,37+/m1/s1. The van der Waals surface area contributed by atoms with E-state index in [9.17, 15) is 23.6 Å². The molecular formula is C44H51F2N9O7. The van der Waals surface area contributed by atoms with Gasteiger partial charge in [-0.1, -0.05) is 39.8 Å². The number of likely N-dealkylation sites (tertiary alicyclic amines) is 2. The number of nitrogens with zero attached hydrogens (tertiary/aromatic N) is 5. The van der Waals surface area contributed by atoms with Crippen molar-refractivity contribution < 1.29 is 42.2 Å². The summed E-state index contributed by atoms with van der Waals surface area (Å²) < 4.78 is 49.4. The second kappa shape index (κ2) is 16.8. The minimum atomic E-state index is -1.28. The number of ether oxygens (including phenoxy) is 3. The number of halogens is 2. The summed E-state index contributed by atoms with van der Waals surface area (Å²) in [7, 11) is 2.47. The Kier molecular flexibility index (Phi) is 11.4. The van der Waals surface area contributed by atoms with Crippen LogP contribution >= 0.6 is 0 Å². The molecule has 5 aromatic rings. The number of amides is 4. The fourth-order valence-corrected chi connectivity index (χ4v) is 8.95. The monoisotopic (exact) mass is 855 g/mol. The van der Waals surface area contributed by atoms with Crippen LogP contribution in [-0.4, -0.2) is 104 Å². The van der Waals surface area contributed by atoms with Crippen LogP contribution in [0.5, 0.6) is 5.75 Å². The lowest BCUT2D eigenvalue weighted by Gasteiger charge is -2.30. The number of imidazole rings is 2. The van der Waals surface area contributed by atoms with Gasteiger partial charge in [-0.15, -0.1) is 0 Å². The van der Waals surface area contributed by atoms with Crippen molar-refractivity contribution in [3.8, 4) is 39.5 Å². The number of aromatic nitrogens is 5. The fourth-order valence-electron chi connectivity index (χ4n) is 8.95. The first-order chi connectivity index (χ1) is 29.7. The molecule has 328 valence electrons. The summed E-state index contributed by atoms with van der Waals surface area (Å²) in [5, 5.41) is 5.64. The van der Waals surface area contributed by atoms with Gasteiger partial charge in [0.15, 0.2) is 12.0 Å². The third kappa shape index (κ3) is 7.59. The second-order valence-electron chi connectivity index (χ2n) is 16.8. The SMILES string of the molecule is COC(=O)N[C@H](C(=O)N1CCC[C@H]1c1ncc(-c2ccc3c(c2)c(F)c2n3C(C)Oc3cc(-c4cnc([C@@H]5C[C@@H](F)CN5C(=O)[C@@H](NC(=O)OC)C(C)C)[nH]4)ccc3-2)[nH]1)C(C)C. The summed E-state index contributed by atoms with van der Waals surface area (Å²) in [4.78, 5) is 70.3. The number of methoxy groups -OCH3 is 2. The van der Waals surface area contributed by atoms with Crippen molar-refractivity contribution >= 4 is 34.9 Å². The second-order valence-corrected chi connectivity index (χ2v) is 16.8. The largest absolute Gasteiger partial charge is 0.470 e. The number of benzene rings is 2. The van der Waals surface area contributed by atoms with Crippen LogP contribution in [0.25, 0.3) is 44.7 Å². The van der Waals surface area contributed by atoms with Crippen LogP contribution < -0.4 is 15.4 Å². The first-order valence-corrected chi connectivity index (χ1v) is 20.9. The highest BCUT2D eigenvalue weighted by atomic mass is 19.1. The molecule has 16 nitrogen and oxygen atoms in total. The van der Waals surface area contributed by atoms with Gasteiger partial charge in [-0.2, -0.15) is 0 Å². The van der Waals surface area contributed by atoms with Crippen molar-refractivity contribution in [1.29, 1.82) is 0 Å². The average molecular weight is 856 g/mol. The molecule has 2 saturated heterocycles. The topological polar surface area (TPSA) is 189 Å². The van der Waals surface area contributed by atoms with Gasteiger partial charge >= 0.3 is 12.2 Å². The van der Waals surface area contributed by atoms with Crippen molar-refractivity contribution in [1.82, 2.24) is 44.9 Å². The number of H-pyrrole nitrogens is 2. The van der Waals surface area contributed by atoms with E-state index in [0.717, 1.165) is 6.42 Å². The van der Waals surface area contributed by atoms with Gasteiger partial charge in [-0.3, -0.25) is 9.59 Å². The van der Waals surface area contributed by atoms with E-state index in [2.05, 4.69) is 30.6 Å². The van der Waals surface area contributed by atoms with Gasteiger partial charge in [-0.25, -0.2) is 28.3 Å². The van der Waals surface area contributed by atoms with Crippen molar-refractivity contribution in [3.05, 3.63) is 66.3 Å². The lowest BCUT2D eigenvalue weighted by Crippen LogP contribution is -2.51. The number of alkyl carbamates (subject to hydrolysis) is 2. The van der Waals surface area contributed by atoms with Crippen LogP contribution in [0.15, 0.2) is 48.8 Å². The lowest BCUT2D eigenvalue weighted by molar-refractivity contribution is -0.136. The Labute approximate surface area is 356 Å². The van der Waals surface area contributed by atoms with Gasteiger partial charge in [0.25, 0.3) is 0 Å². The molecule has 1 unspecified atom stereocenters. The first-order valence-electron chi connectivity index (χ1n) is 20.9. The van der Waals surface area contributed by atoms with Crippen LogP contribution in [0, 0.1) is 17.7 Å². The van der Waals surface area contributed by atoms with Crippen molar-refractivity contribution in [2.45, 2.75) is 90.4 Å². The minimum Gasteiger partial charge on any atom is -0.470 e. The highest BCUT2D eigenvalue weighted by Crippen LogP contribution is 2.46. The molecule has 0 saturated carbocycles. The number of rotatable bonds is 10. The molecule has 6 atom stereocenters. The molecule has 3 aliphatic heterocycles. The Balaban J connectivity index is 1.04. The van der Waals surface area contributed by atoms with E-state index >= 15 is 4.39 Å². The quantitative estimate of drug-likeness (QED) is 0.113. The molecule has 4 N–H and O–H groups in total. The number of hydrogen-bond acceptors (Lipinski definition) is 9. The zero-order valence-corrected chi connectivity index (χ0v) is 35.6. The van der Waals surface area contributed by atoms with Crippen LogP contribution in [0.3, 0.4) is 0 Å². The molecule has 6 heterocycles. The number of hydrogen-bond donors (Lipinski definition) is 4. The Morgan fingerprint density at radius 2 is 1.42 bits per heavy atom. The number of carbonyl (C=O) groups is 4. The Bertz CT molecular complexity index is 2530. The lowest BCUT2D eigenvalue weighted by atomic mass is 10.0. The highest BCUT2D eigenvalue weighted by Gasteiger charge is 2.42. The molecule has 3 aliphatic rings. The first kappa shape index (κ1) is 42.2. The molecule has 3 aromatic heterocycles. The predicted molar refractivity (Wildman–Crippen MR) is 224 cm³/mol. The third-order valence-electron chi connectivity index (χ3n) is 12.1. The molecule has 2 aromatic carbocycles. The molecule has 62 heavy (non-hydrogen) atoms. The normalized spacial score (nSPS) is 20.5. The van der Waals surface area contributed by atoms with Crippen LogP contribution in [0.2, 0.25) is 0 Å². The Morgan fingerprint density at radius 3 is 2.03 bits per heavy atom. The molecule has 2 fully saturated rings. The Hall–Kier alpha value is -6.46. The van der Waals surface area contributed by atoms with E-state index in [1.807, 2.05) is 43.5 Å². The van der Waals surface area contributed by atoms with Crippen LogP contribution in [0.4, 0.5) is 18.4 Å². The molecule has 8 rings (SSSR count). The summed E-state index contributed by atoms with van der Waals surface area (Å²) in [5.41, 5.74) is 4.25. The number of alkyl halides is 1. The fraction of sp³-hybridized carbons (Fsp3) is 0.455. The minimum absolute atomic E-state index is 0.0379. The van der Waals surface area contributed by atoms with Crippen molar-refractivity contribution in [3.63, 3.8) is 0 Å². The predicted octanol–water partition coefficient (Wildman–Crippen LogP) is 7.17. The summed E-state index contributed by atoms with van der Waals surface area (Å²) >= 11 is 0. The zero-order chi connectivity index (χ0) is 44.1. The molecule has 4 amide bonds. The number of carbonyl (C=O) groups excluding carboxylic acids is 4. The van der Waals surface area contributed by atoms with Crippen LogP contribution in [-0.2, 0) is 19.1 Å². The maximum Gasteiger partial charge on any atom is 0.407 e. The summed E-state index contributed by atoms with van der Waals surface area (Å²) in [6.07, 6.45) is 1.53. The molecule has 0 spiro atoms. The van der Waals surface area contributed by atoms with Gasteiger partial charge in [0.05, 0.1) is 67.8 Å². The maximum absolute atomic E-state index is 16.7. The summed E-state index contributed by atoms with van der Waals surface area (Å²) in [6, 6.07) is 8.26. The van der Waals surface area contributed by atoms with Gasteiger partial charge in [0.2, 0.25) is 11.8 Å². The van der Waals surface area contributed by atoms with E-state index in [1.54, 1.807) is 49.3 Å². The van der Waals surface area contributed by atoms with E-state index in [0.29, 0.717) is 75.0 Å². The summed E-state index contributed by atoms with van der Waals surface area (Å²) in [6.45, 7) is 9.53. The number of aromatic amines is 2. The van der Waals surface area contributed by atoms with Gasteiger partial charge in [-0.05, 0) is 55.9 Å². The van der Waals surface area contributed by atoms with E-state index in [-0.39, 0.29) is 36.8 Å². The van der Waals surface area contributed by atoms with Crippen molar-refractivity contribution in [2.24, 2.45) is 11.8 Å². The van der Waals surface area contributed by atoms with Gasteiger partial charge < -0.3 is 49.2 Å². The molecule has 0 bridgehead atoms. The summed E-state index contributed by atoms with van der Waals surface area (Å²) in [5.74, 6) is -0.0286. The highest BCUT2D eigenvalue weighted by molar-refractivity contribution is 5.93. The zero-order valence-electron chi connectivity index (χ0n) is 35.6. The number of nitrogens with one attached hydrogen (secondary N) is 4. The van der Waals surface area contributed by atoms with Crippen molar-refractivity contribution in [2.75, 3.05) is 27.3 Å². The third-order valence-corrected chi connectivity index (χ3v) is 12.1. The number of fused-ring (bicyclic) bond motifs is 5. The Morgan fingerprint density at radius 1 is 0.839 bits per heavy atom. The van der Waals surface area contributed by atoms with E-state index in [1.165, 1.54) is 19.1 Å². The molecule has 0 aliphatic carbocycles. The smallest absolute Gasteiger partial charge is 0.407 e. The van der Waals surface area contributed by atoms with Crippen LogP contribution in [0.1, 0.15) is 83.8 Å². The van der Waals surface area contributed by atoms with E-state index in [4.69, 9.17) is 14.2 Å². The van der Waals surface area contributed by atoms with Gasteiger partial charge in [0.1, 0.15) is 35.7 Å². The molecular weight excluding hydrogens is 805 g/mol. The molecule has 0 radical (unpaired) electrons. The van der Waals surface area contributed by atoms with E-state index < -0.39 is 54.4 Å². The van der Waals surface area contributed by atoms with Gasteiger partial charge in [0, 0.05) is 35.0 Å².